The first-order valence-corrected chi connectivity index (χ1v) is 5.29. The van der Waals surface area contributed by atoms with Crippen molar-refractivity contribution in [3.05, 3.63) is 11.1 Å². The minimum absolute atomic E-state index is 0.843. The van der Waals surface area contributed by atoms with E-state index in [1.54, 1.807) is 11.1 Å². The van der Waals surface area contributed by atoms with Gasteiger partial charge in [-0.15, -0.1) is 0 Å². The van der Waals surface area contributed by atoms with Gasteiger partial charge in [0.1, 0.15) is 0 Å². The zero-order chi connectivity index (χ0) is 9.14. The smallest absolute Gasteiger partial charge is 0.0178 e. The molecular formula is C12H22. The highest BCUT2D eigenvalue weighted by atomic mass is 14.3. The molecule has 12 heavy (non-hydrogen) atoms. The minimum Gasteiger partial charge on any atom is -0.0769 e. The topological polar surface area (TPSA) is 0 Å². The van der Waals surface area contributed by atoms with E-state index in [0.717, 1.165) is 11.8 Å². The number of rotatable bonds is 1. The van der Waals surface area contributed by atoms with E-state index in [1.165, 1.54) is 25.7 Å². The van der Waals surface area contributed by atoms with Crippen molar-refractivity contribution in [3.8, 4) is 0 Å². The lowest BCUT2D eigenvalue weighted by Crippen LogP contribution is -2.16. The van der Waals surface area contributed by atoms with Crippen molar-refractivity contribution in [1.29, 1.82) is 0 Å². The first kappa shape index (κ1) is 9.83. The van der Waals surface area contributed by atoms with Crippen molar-refractivity contribution in [2.45, 2.75) is 53.4 Å². The lowest BCUT2D eigenvalue weighted by atomic mass is 9.76. The summed E-state index contributed by atoms with van der Waals surface area (Å²) in [6, 6.07) is 0. The molecule has 1 saturated carbocycles. The van der Waals surface area contributed by atoms with Crippen LogP contribution in [0.1, 0.15) is 53.4 Å². The first-order chi connectivity index (χ1) is 5.63. The monoisotopic (exact) mass is 166 g/mol. The van der Waals surface area contributed by atoms with Gasteiger partial charge in [0, 0.05) is 0 Å². The largest absolute Gasteiger partial charge is 0.0769 e. The lowest BCUT2D eigenvalue weighted by molar-refractivity contribution is 0.353. The van der Waals surface area contributed by atoms with Gasteiger partial charge in [0.2, 0.25) is 0 Å². The predicted molar refractivity (Wildman–Crippen MR) is 55.2 cm³/mol. The second-order valence-corrected chi connectivity index (χ2v) is 4.62. The highest BCUT2D eigenvalue weighted by Crippen LogP contribution is 2.36. The summed E-state index contributed by atoms with van der Waals surface area (Å²) in [6.45, 7) is 9.27. The fraction of sp³-hybridized carbons (Fsp3) is 0.833. The normalized spacial score (nSPS) is 24.8. The van der Waals surface area contributed by atoms with Crippen LogP contribution in [0.3, 0.4) is 0 Å². The van der Waals surface area contributed by atoms with Crippen molar-refractivity contribution in [2.24, 2.45) is 11.8 Å². The number of allylic oxidation sites excluding steroid dienone is 2. The molecule has 0 heterocycles. The molecule has 0 aromatic carbocycles. The number of hydrogen-bond donors (Lipinski definition) is 0. The molecule has 0 radical (unpaired) electrons. The molecule has 0 N–H and O–H groups in total. The van der Waals surface area contributed by atoms with Gasteiger partial charge in [-0.2, -0.15) is 0 Å². The Kier molecular flexibility index (Phi) is 3.37. The van der Waals surface area contributed by atoms with Crippen LogP contribution >= 0.6 is 0 Å². The van der Waals surface area contributed by atoms with Crippen molar-refractivity contribution in [3.63, 3.8) is 0 Å². The van der Waals surface area contributed by atoms with Crippen molar-refractivity contribution >= 4 is 0 Å². The molecule has 0 heteroatoms. The summed E-state index contributed by atoms with van der Waals surface area (Å²) in [5.41, 5.74) is 3.34. The quantitative estimate of drug-likeness (QED) is 0.513. The van der Waals surface area contributed by atoms with Crippen LogP contribution in [-0.4, -0.2) is 0 Å². The van der Waals surface area contributed by atoms with Gasteiger partial charge in [-0.25, -0.2) is 0 Å². The molecular weight excluding hydrogens is 144 g/mol. The van der Waals surface area contributed by atoms with Gasteiger partial charge in [-0.1, -0.05) is 31.4 Å². The Morgan fingerprint density at radius 1 is 1.25 bits per heavy atom. The van der Waals surface area contributed by atoms with Gasteiger partial charge in [-0.05, 0) is 44.9 Å². The van der Waals surface area contributed by atoms with Crippen LogP contribution in [0, 0.1) is 11.8 Å². The van der Waals surface area contributed by atoms with Crippen LogP contribution in [-0.2, 0) is 0 Å². The highest BCUT2D eigenvalue weighted by molar-refractivity contribution is 5.15. The van der Waals surface area contributed by atoms with Crippen molar-refractivity contribution in [1.82, 2.24) is 0 Å². The van der Waals surface area contributed by atoms with Crippen molar-refractivity contribution in [2.75, 3.05) is 0 Å². The molecule has 1 unspecified atom stereocenters. The molecule has 0 amide bonds. The summed E-state index contributed by atoms with van der Waals surface area (Å²) < 4.78 is 0. The maximum Gasteiger partial charge on any atom is -0.0178 e. The third-order valence-corrected chi connectivity index (χ3v) is 3.11. The van der Waals surface area contributed by atoms with E-state index in [4.69, 9.17) is 0 Å². The van der Waals surface area contributed by atoms with E-state index < -0.39 is 0 Å². The Balaban J connectivity index is 2.75. The van der Waals surface area contributed by atoms with Gasteiger partial charge in [-0.3, -0.25) is 0 Å². The summed E-state index contributed by atoms with van der Waals surface area (Å²) in [6.07, 6.45) is 5.66. The minimum atomic E-state index is 0.843. The molecule has 1 aliphatic rings. The Morgan fingerprint density at radius 3 is 2.33 bits per heavy atom. The Hall–Kier alpha value is -0.260. The van der Waals surface area contributed by atoms with Crippen LogP contribution in [0.5, 0.6) is 0 Å². The summed E-state index contributed by atoms with van der Waals surface area (Å²) in [5, 5.41) is 0. The molecule has 0 aliphatic heterocycles. The molecule has 1 atom stereocenters. The zero-order valence-electron chi connectivity index (χ0n) is 8.98. The van der Waals surface area contributed by atoms with Gasteiger partial charge in [0.25, 0.3) is 0 Å². The Labute approximate surface area is 77.1 Å². The third kappa shape index (κ3) is 2.12. The summed E-state index contributed by atoms with van der Waals surface area (Å²) in [4.78, 5) is 0. The zero-order valence-corrected chi connectivity index (χ0v) is 8.98. The van der Waals surface area contributed by atoms with E-state index in [1.807, 2.05) is 0 Å². The first-order valence-electron chi connectivity index (χ1n) is 5.29. The van der Waals surface area contributed by atoms with Crippen LogP contribution in [0.2, 0.25) is 0 Å². The summed E-state index contributed by atoms with van der Waals surface area (Å²) in [5.74, 6) is 1.74. The van der Waals surface area contributed by atoms with Gasteiger partial charge in [0.15, 0.2) is 0 Å². The molecule has 0 spiro atoms. The molecule has 0 saturated heterocycles. The standard InChI is InChI=1S/C12H22/c1-9(2)11-7-5-6-8-12(11)10(3)4/h9,11H,5-8H2,1-4H3. The van der Waals surface area contributed by atoms with Crippen LogP contribution in [0.4, 0.5) is 0 Å². The lowest BCUT2D eigenvalue weighted by Gasteiger charge is -2.30. The average Bonchev–Trinajstić information content (AvgIpc) is 2.04. The van der Waals surface area contributed by atoms with E-state index in [0.29, 0.717) is 0 Å². The van der Waals surface area contributed by atoms with E-state index >= 15 is 0 Å². The van der Waals surface area contributed by atoms with Gasteiger partial charge < -0.3 is 0 Å². The molecule has 1 fully saturated rings. The second kappa shape index (κ2) is 4.11. The summed E-state index contributed by atoms with van der Waals surface area (Å²) >= 11 is 0. The molecule has 1 aliphatic carbocycles. The predicted octanol–water partition coefficient (Wildman–Crippen LogP) is 4.17. The van der Waals surface area contributed by atoms with Crippen molar-refractivity contribution < 1.29 is 0 Å². The Morgan fingerprint density at radius 2 is 1.92 bits per heavy atom. The molecule has 70 valence electrons. The van der Waals surface area contributed by atoms with Crippen LogP contribution < -0.4 is 0 Å². The van der Waals surface area contributed by atoms with E-state index in [-0.39, 0.29) is 0 Å². The average molecular weight is 166 g/mol. The molecule has 0 bridgehead atoms. The third-order valence-electron chi connectivity index (χ3n) is 3.11. The van der Waals surface area contributed by atoms with Gasteiger partial charge in [0.05, 0.1) is 0 Å². The Bertz CT molecular complexity index is 170. The fourth-order valence-corrected chi connectivity index (χ4v) is 2.40. The fourth-order valence-electron chi connectivity index (χ4n) is 2.40. The maximum atomic E-state index is 2.36. The summed E-state index contributed by atoms with van der Waals surface area (Å²) in [7, 11) is 0. The molecule has 0 aromatic rings. The second-order valence-electron chi connectivity index (χ2n) is 4.62. The van der Waals surface area contributed by atoms with E-state index in [2.05, 4.69) is 27.7 Å². The molecule has 1 rings (SSSR count). The van der Waals surface area contributed by atoms with Gasteiger partial charge >= 0.3 is 0 Å². The molecule has 0 aromatic heterocycles. The molecule has 0 nitrogen and oxygen atoms in total. The van der Waals surface area contributed by atoms with Crippen LogP contribution in [0.25, 0.3) is 0 Å². The SMILES string of the molecule is CC(C)=C1CCCCC1C(C)C. The maximum absolute atomic E-state index is 2.36. The highest BCUT2D eigenvalue weighted by Gasteiger charge is 2.22. The van der Waals surface area contributed by atoms with E-state index in [9.17, 15) is 0 Å². The number of hydrogen-bond acceptors (Lipinski definition) is 0. The van der Waals surface area contributed by atoms with Crippen LogP contribution in [0.15, 0.2) is 11.1 Å².